The van der Waals surface area contributed by atoms with Crippen LogP contribution in [-0.2, 0) is 11.8 Å². The molecule has 0 bridgehead atoms. The third-order valence-corrected chi connectivity index (χ3v) is 5.19. The van der Waals surface area contributed by atoms with Gasteiger partial charge in [-0.3, -0.25) is 9.48 Å². The Morgan fingerprint density at radius 1 is 1.12 bits per heavy atom. The summed E-state index contributed by atoms with van der Waals surface area (Å²) in [7, 11) is 3.42. The summed E-state index contributed by atoms with van der Waals surface area (Å²) in [6, 6.07) is 15.2. The minimum atomic E-state index is -0.282. The van der Waals surface area contributed by atoms with Gasteiger partial charge in [-0.1, -0.05) is 17.9 Å². The maximum absolute atomic E-state index is 12.9. The van der Waals surface area contributed by atoms with Crippen LogP contribution in [0.1, 0.15) is 42.3 Å². The molecule has 2 aromatic carbocycles. The van der Waals surface area contributed by atoms with Crippen molar-refractivity contribution in [2.24, 2.45) is 7.05 Å². The second kappa shape index (κ2) is 11.9. The first kappa shape index (κ1) is 24.9. The van der Waals surface area contributed by atoms with Gasteiger partial charge < -0.3 is 19.7 Å². The summed E-state index contributed by atoms with van der Waals surface area (Å²) < 4.78 is 12.8. The number of aromatic nitrogens is 2. The summed E-state index contributed by atoms with van der Waals surface area (Å²) in [5.74, 6) is 7.17. The van der Waals surface area contributed by atoms with Crippen molar-refractivity contribution in [1.29, 1.82) is 0 Å². The van der Waals surface area contributed by atoms with Crippen LogP contribution in [0.15, 0.2) is 54.7 Å². The van der Waals surface area contributed by atoms with Crippen LogP contribution < -0.4 is 15.0 Å². The van der Waals surface area contributed by atoms with Crippen LogP contribution in [0.3, 0.4) is 0 Å². The van der Waals surface area contributed by atoms with E-state index in [9.17, 15) is 4.79 Å². The van der Waals surface area contributed by atoms with Gasteiger partial charge in [0, 0.05) is 61.9 Å². The van der Waals surface area contributed by atoms with Crippen molar-refractivity contribution in [3.05, 3.63) is 71.4 Å². The van der Waals surface area contributed by atoms with Gasteiger partial charge in [-0.05, 0) is 57.2 Å². The minimum absolute atomic E-state index is 0.175. The first-order valence-electron chi connectivity index (χ1n) is 11.4. The van der Waals surface area contributed by atoms with Gasteiger partial charge >= 0.3 is 0 Å². The van der Waals surface area contributed by atoms with E-state index in [1.807, 2.05) is 25.1 Å². The monoisotopic (exact) mass is 460 g/mol. The van der Waals surface area contributed by atoms with Crippen molar-refractivity contribution in [1.82, 2.24) is 9.78 Å². The lowest BCUT2D eigenvalue weighted by Crippen LogP contribution is -2.21. The molecule has 1 heterocycles. The molecule has 0 fully saturated rings. The fourth-order valence-corrected chi connectivity index (χ4v) is 3.56. The van der Waals surface area contributed by atoms with Crippen LogP contribution in [0.25, 0.3) is 0 Å². The van der Waals surface area contributed by atoms with E-state index in [0.29, 0.717) is 29.3 Å². The number of ether oxygens (including phenoxy) is 2. The lowest BCUT2D eigenvalue weighted by atomic mass is 10.1. The zero-order chi connectivity index (χ0) is 24.5. The largest absolute Gasteiger partial charge is 0.488 e. The summed E-state index contributed by atoms with van der Waals surface area (Å²) in [4.78, 5) is 15.2. The Kier molecular flexibility index (Phi) is 8.72. The second-order valence-corrected chi connectivity index (χ2v) is 7.93. The normalized spacial score (nSPS) is 11.3. The molecule has 0 aliphatic rings. The van der Waals surface area contributed by atoms with Crippen LogP contribution in [0, 0.1) is 11.8 Å². The van der Waals surface area contributed by atoms with Gasteiger partial charge in [-0.25, -0.2) is 0 Å². The van der Waals surface area contributed by atoms with Crippen molar-refractivity contribution in [3.63, 3.8) is 0 Å². The Labute approximate surface area is 201 Å². The molecular weight excluding hydrogens is 428 g/mol. The Hall–Kier alpha value is -3.76. The molecule has 7 nitrogen and oxygen atoms in total. The molecule has 3 rings (SSSR count). The second-order valence-electron chi connectivity index (χ2n) is 7.93. The SMILES string of the molecule is CCN(CC)c1cccc(C#Cc2cc(O[C@@H](C)COC)cc(C(=O)Nc3ccn(C)n3)c2)c1. The zero-order valence-corrected chi connectivity index (χ0v) is 20.5. The van der Waals surface area contributed by atoms with E-state index in [1.54, 1.807) is 43.2 Å². The Morgan fingerprint density at radius 2 is 1.88 bits per heavy atom. The number of hydrogen-bond donors (Lipinski definition) is 1. The highest BCUT2D eigenvalue weighted by atomic mass is 16.5. The summed E-state index contributed by atoms with van der Waals surface area (Å²) in [5, 5.41) is 7.02. The van der Waals surface area contributed by atoms with E-state index in [4.69, 9.17) is 9.47 Å². The van der Waals surface area contributed by atoms with E-state index in [2.05, 4.69) is 53.1 Å². The topological polar surface area (TPSA) is 68.6 Å². The lowest BCUT2D eigenvalue weighted by Gasteiger charge is -2.20. The highest BCUT2D eigenvalue weighted by molar-refractivity contribution is 6.04. The summed E-state index contributed by atoms with van der Waals surface area (Å²) in [6.07, 6.45) is 1.59. The number of amides is 1. The third kappa shape index (κ3) is 6.87. The number of rotatable bonds is 9. The van der Waals surface area contributed by atoms with Crippen LogP contribution in [0.4, 0.5) is 11.5 Å². The number of methoxy groups -OCH3 is 1. The standard InChI is InChI=1S/C27H32N4O3/c1-6-31(7-2)24-10-8-9-21(16-24)11-12-22-15-23(18-25(17-22)34-20(3)19-33-5)27(32)28-26-13-14-30(4)29-26/h8-10,13-18,20H,6-7,19H2,1-5H3,(H,28,29,32)/t20-/m0/s1. The van der Waals surface area contributed by atoms with Gasteiger partial charge in [-0.2, -0.15) is 5.10 Å². The molecule has 1 aromatic heterocycles. The molecule has 178 valence electrons. The maximum Gasteiger partial charge on any atom is 0.257 e. The fourth-order valence-electron chi connectivity index (χ4n) is 3.56. The molecule has 0 radical (unpaired) electrons. The fraction of sp³-hybridized carbons (Fsp3) is 0.333. The highest BCUT2D eigenvalue weighted by Gasteiger charge is 2.13. The molecule has 0 unspecified atom stereocenters. The number of carbonyl (C=O) groups excluding carboxylic acids is 1. The van der Waals surface area contributed by atoms with Gasteiger partial charge in [0.25, 0.3) is 5.91 Å². The molecule has 1 atom stereocenters. The van der Waals surface area contributed by atoms with Gasteiger partial charge in [-0.15, -0.1) is 0 Å². The molecule has 0 saturated heterocycles. The Bertz CT molecular complexity index is 1170. The molecule has 0 saturated carbocycles. The van der Waals surface area contributed by atoms with Gasteiger partial charge in [0.15, 0.2) is 5.82 Å². The van der Waals surface area contributed by atoms with Crippen molar-refractivity contribution in [3.8, 4) is 17.6 Å². The average molecular weight is 461 g/mol. The third-order valence-electron chi connectivity index (χ3n) is 5.19. The molecule has 0 aliphatic carbocycles. The molecular formula is C27H32N4O3. The number of carbonyl (C=O) groups is 1. The first-order chi connectivity index (χ1) is 16.4. The van der Waals surface area contributed by atoms with Crippen molar-refractivity contribution in [2.45, 2.75) is 26.9 Å². The molecule has 1 N–H and O–H groups in total. The summed E-state index contributed by atoms with van der Waals surface area (Å²) >= 11 is 0. The average Bonchev–Trinajstić information content (AvgIpc) is 3.23. The van der Waals surface area contributed by atoms with Gasteiger partial charge in [0.05, 0.1) is 6.61 Å². The predicted molar refractivity (Wildman–Crippen MR) is 136 cm³/mol. The van der Waals surface area contributed by atoms with Gasteiger partial charge in [0.1, 0.15) is 11.9 Å². The highest BCUT2D eigenvalue weighted by Crippen LogP contribution is 2.20. The summed E-state index contributed by atoms with van der Waals surface area (Å²) in [6.45, 7) is 8.48. The maximum atomic E-state index is 12.9. The minimum Gasteiger partial charge on any atom is -0.488 e. The Balaban J connectivity index is 1.91. The number of nitrogens with one attached hydrogen (secondary N) is 1. The van der Waals surface area contributed by atoms with Crippen molar-refractivity contribution >= 4 is 17.4 Å². The lowest BCUT2D eigenvalue weighted by molar-refractivity contribution is 0.0917. The molecule has 1 amide bonds. The molecule has 7 heteroatoms. The first-order valence-corrected chi connectivity index (χ1v) is 11.4. The van der Waals surface area contributed by atoms with Gasteiger partial charge in [0.2, 0.25) is 0 Å². The number of aryl methyl sites for hydroxylation is 1. The molecule has 0 spiro atoms. The van der Waals surface area contributed by atoms with E-state index < -0.39 is 0 Å². The van der Waals surface area contributed by atoms with E-state index in [-0.39, 0.29) is 12.0 Å². The number of nitrogens with zero attached hydrogens (tertiary/aromatic N) is 3. The van der Waals surface area contributed by atoms with Crippen molar-refractivity contribution < 1.29 is 14.3 Å². The van der Waals surface area contributed by atoms with Crippen LogP contribution in [-0.4, -0.2) is 48.6 Å². The van der Waals surface area contributed by atoms with E-state index in [0.717, 1.165) is 24.3 Å². The summed E-state index contributed by atoms with van der Waals surface area (Å²) in [5.41, 5.74) is 3.16. The quantitative estimate of drug-likeness (QED) is 0.482. The van der Waals surface area contributed by atoms with Crippen molar-refractivity contribution in [2.75, 3.05) is 37.0 Å². The zero-order valence-electron chi connectivity index (χ0n) is 20.5. The van der Waals surface area contributed by atoms with E-state index in [1.165, 1.54) is 0 Å². The predicted octanol–water partition coefficient (Wildman–Crippen LogP) is 4.33. The molecule has 34 heavy (non-hydrogen) atoms. The van der Waals surface area contributed by atoms with E-state index >= 15 is 0 Å². The van der Waals surface area contributed by atoms with Crippen LogP contribution in [0.5, 0.6) is 5.75 Å². The number of benzene rings is 2. The smallest absolute Gasteiger partial charge is 0.257 e. The molecule has 3 aromatic rings. The van der Waals surface area contributed by atoms with Crippen LogP contribution >= 0.6 is 0 Å². The molecule has 0 aliphatic heterocycles. The number of anilines is 2. The Morgan fingerprint density at radius 3 is 2.56 bits per heavy atom. The number of hydrogen-bond acceptors (Lipinski definition) is 5. The van der Waals surface area contributed by atoms with Crippen LogP contribution in [0.2, 0.25) is 0 Å².